The van der Waals surface area contributed by atoms with Crippen LogP contribution in [0.1, 0.15) is 47.0 Å². The van der Waals surface area contributed by atoms with Crippen LogP contribution in [0.4, 0.5) is 0 Å². The molecule has 0 spiro atoms. The van der Waals surface area contributed by atoms with E-state index >= 15 is 0 Å². The lowest BCUT2D eigenvalue weighted by molar-refractivity contribution is -0.0991. The minimum absolute atomic E-state index is 0.493. The second kappa shape index (κ2) is 4.11. The highest BCUT2D eigenvalue weighted by Gasteiger charge is 2.44. The van der Waals surface area contributed by atoms with Gasteiger partial charge in [-0.05, 0) is 64.3 Å². The standard InChI is InChI=1S/C13H23BO3/c1-12(2,15)13(3,4)17-14(16)11-8-9-5-6-10(11)7-9/h8-10,15-16H,5-7H2,1-4H3/t9-,10+/m1/s1. The molecule has 2 aliphatic carbocycles. The summed E-state index contributed by atoms with van der Waals surface area (Å²) in [6.45, 7) is 7.03. The molecule has 96 valence electrons. The molecule has 0 heterocycles. The molecule has 4 heteroatoms. The van der Waals surface area contributed by atoms with E-state index in [0.29, 0.717) is 11.8 Å². The molecule has 0 aliphatic heterocycles. The molecule has 3 nitrogen and oxygen atoms in total. The van der Waals surface area contributed by atoms with Crippen LogP contribution < -0.4 is 0 Å². The summed E-state index contributed by atoms with van der Waals surface area (Å²) >= 11 is 0. The minimum atomic E-state index is -0.980. The van der Waals surface area contributed by atoms with Gasteiger partial charge in [-0.15, -0.1) is 0 Å². The highest BCUT2D eigenvalue weighted by molar-refractivity contribution is 6.52. The molecule has 0 aromatic rings. The first-order valence-electron chi connectivity index (χ1n) is 6.50. The lowest BCUT2D eigenvalue weighted by Crippen LogP contribution is -2.51. The second-order valence-electron chi connectivity index (χ2n) is 6.48. The average molecular weight is 238 g/mol. The fourth-order valence-electron chi connectivity index (χ4n) is 2.65. The maximum atomic E-state index is 10.2. The number of fused-ring (bicyclic) bond motifs is 2. The van der Waals surface area contributed by atoms with E-state index in [4.69, 9.17) is 4.65 Å². The number of allylic oxidation sites excluding steroid dienone is 2. The lowest BCUT2D eigenvalue weighted by Gasteiger charge is -2.39. The predicted octanol–water partition coefficient (Wildman–Crippen LogP) is 1.93. The molecule has 2 N–H and O–H groups in total. The summed E-state index contributed by atoms with van der Waals surface area (Å²) in [5, 5.41) is 20.2. The van der Waals surface area contributed by atoms with Crippen LogP contribution in [0, 0.1) is 11.8 Å². The Labute approximate surface area is 104 Å². The first-order valence-corrected chi connectivity index (χ1v) is 6.50. The van der Waals surface area contributed by atoms with Crippen molar-refractivity contribution in [2.24, 2.45) is 11.8 Å². The van der Waals surface area contributed by atoms with Crippen LogP contribution in [-0.2, 0) is 4.65 Å². The van der Waals surface area contributed by atoms with E-state index in [0.717, 1.165) is 5.47 Å². The van der Waals surface area contributed by atoms with E-state index in [9.17, 15) is 10.1 Å². The fraction of sp³-hybridized carbons (Fsp3) is 0.846. The number of hydrogen-bond donors (Lipinski definition) is 2. The summed E-state index contributed by atoms with van der Waals surface area (Å²) in [6, 6.07) is 0. The fourth-order valence-corrected chi connectivity index (χ4v) is 2.65. The van der Waals surface area contributed by atoms with Gasteiger partial charge in [-0.25, -0.2) is 0 Å². The van der Waals surface area contributed by atoms with Crippen molar-refractivity contribution in [1.82, 2.24) is 0 Å². The SMILES string of the molecule is CC(C)(O)C(C)(C)OB(O)C1=C[C@@H]2CC[C@H]1C2. The molecule has 0 aromatic heterocycles. The summed E-state index contributed by atoms with van der Waals surface area (Å²) in [7, 11) is -0.869. The molecule has 17 heavy (non-hydrogen) atoms. The third kappa shape index (κ3) is 2.44. The van der Waals surface area contributed by atoms with Crippen molar-refractivity contribution in [2.75, 3.05) is 0 Å². The van der Waals surface area contributed by atoms with E-state index in [2.05, 4.69) is 6.08 Å². The number of aliphatic hydroxyl groups is 1. The van der Waals surface area contributed by atoms with Gasteiger partial charge < -0.3 is 14.8 Å². The first-order chi connectivity index (χ1) is 7.71. The minimum Gasteiger partial charge on any atom is -0.423 e. The molecule has 0 amide bonds. The Morgan fingerprint density at radius 2 is 1.94 bits per heavy atom. The molecule has 0 radical (unpaired) electrons. The Morgan fingerprint density at radius 1 is 1.29 bits per heavy atom. The maximum Gasteiger partial charge on any atom is 0.487 e. The van der Waals surface area contributed by atoms with E-state index in [-0.39, 0.29) is 0 Å². The van der Waals surface area contributed by atoms with Gasteiger partial charge in [-0.3, -0.25) is 0 Å². The maximum absolute atomic E-state index is 10.2. The molecule has 1 saturated carbocycles. The molecule has 1 fully saturated rings. The van der Waals surface area contributed by atoms with Crippen LogP contribution in [0.5, 0.6) is 0 Å². The van der Waals surface area contributed by atoms with Gasteiger partial charge in [0.1, 0.15) is 0 Å². The zero-order valence-electron chi connectivity index (χ0n) is 11.2. The third-order valence-electron chi connectivity index (χ3n) is 4.54. The molecular formula is C13H23BO3. The van der Waals surface area contributed by atoms with Gasteiger partial charge in [-0.1, -0.05) is 6.08 Å². The van der Waals surface area contributed by atoms with Crippen molar-refractivity contribution in [3.05, 3.63) is 11.5 Å². The summed E-state index contributed by atoms with van der Waals surface area (Å²) in [5.74, 6) is 1.13. The van der Waals surface area contributed by atoms with Gasteiger partial charge >= 0.3 is 7.12 Å². The van der Waals surface area contributed by atoms with Crippen LogP contribution in [0.2, 0.25) is 0 Å². The molecule has 2 aliphatic rings. The Hall–Kier alpha value is -0.315. The summed E-state index contributed by atoms with van der Waals surface area (Å²) < 4.78 is 5.68. The Bertz CT molecular complexity index is 330. The zero-order chi connectivity index (χ0) is 12.8. The quantitative estimate of drug-likeness (QED) is 0.736. The first kappa shape index (κ1) is 13.1. The van der Waals surface area contributed by atoms with Gasteiger partial charge in [0.15, 0.2) is 0 Å². The van der Waals surface area contributed by atoms with E-state index in [1.54, 1.807) is 13.8 Å². The van der Waals surface area contributed by atoms with E-state index in [1.165, 1.54) is 19.3 Å². The van der Waals surface area contributed by atoms with Crippen molar-refractivity contribution in [2.45, 2.75) is 58.2 Å². The number of rotatable bonds is 4. The highest BCUT2D eigenvalue weighted by atomic mass is 16.5. The number of hydrogen-bond acceptors (Lipinski definition) is 3. The summed E-state index contributed by atoms with van der Waals surface area (Å²) in [5.41, 5.74) is -0.722. The Morgan fingerprint density at radius 3 is 2.35 bits per heavy atom. The Balaban J connectivity index is 2.03. The highest BCUT2D eigenvalue weighted by Crippen LogP contribution is 2.44. The predicted molar refractivity (Wildman–Crippen MR) is 68.3 cm³/mol. The largest absolute Gasteiger partial charge is 0.487 e. The van der Waals surface area contributed by atoms with Crippen LogP contribution in [0.3, 0.4) is 0 Å². The van der Waals surface area contributed by atoms with Crippen LogP contribution in [-0.4, -0.2) is 28.5 Å². The topological polar surface area (TPSA) is 49.7 Å². The van der Waals surface area contributed by atoms with E-state index < -0.39 is 18.3 Å². The summed E-state index contributed by atoms with van der Waals surface area (Å²) in [6.07, 6.45) is 5.74. The normalized spacial score (nSPS) is 28.5. The molecule has 2 rings (SSSR count). The smallest absolute Gasteiger partial charge is 0.423 e. The molecule has 0 unspecified atom stereocenters. The van der Waals surface area contributed by atoms with Gasteiger partial charge in [0.25, 0.3) is 0 Å². The molecule has 0 aromatic carbocycles. The van der Waals surface area contributed by atoms with Gasteiger partial charge in [0.05, 0.1) is 11.2 Å². The Kier molecular flexibility index (Phi) is 3.17. The third-order valence-corrected chi connectivity index (χ3v) is 4.54. The molecule has 0 saturated heterocycles. The van der Waals surface area contributed by atoms with Crippen molar-refractivity contribution < 1.29 is 14.8 Å². The average Bonchev–Trinajstić information content (AvgIpc) is 2.75. The van der Waals surface area contributed by atoms with Crippen LogP contribution in [0.25, 0.3) is 0 Å². The molecule has 2 bridgehead atoms. The molecule has 2 atom stereocenters. The van der Waals surface area contributed by atoms with Crippen molar-refractivity contribution >= 4 is 7.12 Å². The van der Waals surface area contributed by atoms with Gasteiger partial charge in [0, 0.05) is 0 Å². The van der Waals surface area contributed by atoms with Gasteiger partial charge in [0.2, 0.25) is 0 Å². The zero-order valence-corrected chi connectivity index (χ0v) is 11.2. The van der Waals surface area contributed by atoms with Crippen LogP contribution in [0.15, 0.2) is 11.5 Å². The molecular weight excluding hydrogens is 215 g/mol. The van der Waals surface area contributed by atoms with Crippen LogP contribution >= 0.6 is 0 Å². The van der Waals surface area contributed by atoms with Crippen molar-refractivity contribution in [3.8, 4) is 0 Å². The van der Waals surface area contributed by atoms with Gasteiger partial charge in [-0.2, -0.15) is 0 Å². The van der Waals surface area contributed by atoms with Crippen molar-refractivity contribution in [1.29, 1.82) is 0 Å². The lowest BCUT2D eigenvalue weighted by atomic mass is 9.70. The summed E-state index contributed by atoms with van der Waals surface area (Å²) in [4.78, 5) is 0. The van der Waals surface area contributed by atoms with Crippen molar-refractivity contribution in [3.63, 3.8) is 0 Å². The van der Waals surface area contributed by atoms with E-state index in [1.807, 2.05) is 13.8 Å². The monoisotopic (exact) mass is 238 g/mol. The second-order valence-corrected chi connectivity index (χ2v) is 6.48.